The molecule has 1 fully saturated rings. The number of aliphatic hydroxyl groups excluding tert-OH is 2. The van der Waals surface area contributed by atoms with E-state index >= 15 is 0 Å². The predicted octanol–water partition coefficient (Wildman–Crippen LogP) is 0.112. The van der Waals surface area contributed by atoms with Crippen LogP contribution in [0.25, 0.3) is 0 Å². The Bertz CT molecular complexity index is 168. The molecule has 13 heavy (non-hydrogen) atoms. The van der Waals surface area contributed by atoms with Crippen LogP contribution < -0.4 is 0 Å². The molecule has 0 aromatic heterocycles. The summed E-state index contributed by atoms with van der Waals surface area (Å²) in [6.07, 6.45) is 2.72. The monoisotopic (exact) mass is 187 g/mol. The highest BCUT2D eigenvalue weighted by molar-refractivity contribution is 5.78. The molecule has 1 atom stereocenters. The van der Waals surface area contributed by atoms with Crippen LogP contribution >= 0.6 is 0 Å². The van der Waals surface area contributed by atoms with Crippen LogP contribution in [0, 0.1) is 0 Å². The number of hydrogen-bond donors (Lipinski definition) is 2. The van der Waals surface area contributed by atoms with Gasteiger partial charge in [-0.2, -0.15) is 0 Å². The second-order valence-electron chi connectivity index (χ2n) is 2.90. The van der Waals surface area contributed by atoms with Crippen molar-refractivity contribution in [2.24, 2.45) is 0 Å². The molecule has 1 heterocycles. The molecule has 0 bridgehead atoms. The van der Waals surface area contributed by atoms with E-state index in [1.165, 1.54) is 6.92 Å². The summed E-state index contributed by atoms with van der Waals surface area (Å²) in [5, 5.41) is 16.0. The van der Waals surface area contributed by atoms with Gasteiger partial charge in [-0.3, -0.25) is 4.79 Å². The number of amides is 1. The van der Waals surface area contributed by atoms with E-state index in [1.807, 2.05) is 0 Å². The van der Waals surface area contributed by atoms with Gasteiger partial charge in [-0.25, -0.2) is 0 Å². The van der Waals surface area contributed by atoms with Crippen molar-refractivity contribution < 1.29 is 15.0 Å². The zero-order chi connectivity index (χ0) is 10.3. The van der Waals surface area contributed by atoms with Gasteiger partial charge in [0.1, 0.15) is 0 Å². The molecule has 4 nitrogen and oxygen atoms in total. The summed E-state index contributed by atoms with van der Waals surface area (Å²) in [6, 6.07) is 0. The van der Waals surface area contributed by atoms with E-state index in [1.54, 1.807) is 11.1 Å². The second-order valence-corrected chi connectivity index (χ2v) is 2.90. The minimum Gasteiger partial charge on any atom is -0.394 e. The first-order valence-electron chi connectivity index (χ1n) is 4.32. The van der Waals surface area contributed by atoms with Gasteiger partial charge in [-0.15, -0.1) is 0 Å². The maximum absolute atomic E-state index is 10.7. The molecule has 1 rings (SSSR count). The standard InChI is InChI=1S/C6H9NO.C3H8O2/c1-2-7-5-3-4-6(7)8;1-3(5)2-4/h2H,1,3-5H2;3-5H,2H2,1H3. The molecule has 0 aromatic rings. The van der Waals surface area contributed by atoms with Crippen molar-refractivity contribution in [3.63, 3.8) is 0 Å². The Kier molecular flexibility index (Phi) is 6.18. The SMILES string of the molecule is C=CN1CCCC1=O.CC(O)CO. The van der Waals surface area contributed by atoms with Crippen LogP contribution in [-0.2, 0) is 4.79 Å². The van der Waals surface area contributed by atoms with E-state index in [0.29, 0.717) is 6.42 Å². The van der Waals surface area contributed by atoms with Gasteiger partial charge >= 0.3 is 0 Å². The Labute approximate surface area is 78.5 Å². The quantitative estimate of drug-likeness (QED) is 0.645. The minimum absolute atomic E-state index is 0.139. The molecule has 1 amide bonds. The molecule has 1 unspecified atom stereocenters. The number of carbonyl (C=O) groups excluding carboxylic acids is 1. The summed E-state index contributed by atoms with van der Waals surface area (Å²) < 4.78 is 0. The molecule has 1 saturated heterocycles. The lowest BCUT2D eigenvalue weighted by molar-refractivity contribution is -0.125. The predicted molar refractivity (Wildman–Crippen MR) is 49.9 cm³/mol. The van der Waals surface area contributed by atoms with E-state index in [0.717, 1.165) is 13.0 Å². The highest BCUT2D eigenvalue weighted by Crippen LogP contribution is 2.08. The van der Waals surface area contributed by atoms with Crippen LogP contribution in [-0.4, -0.2) is 40.3 Å². The van der Waals surface area contributed by atoms with E-state index in [2.05, 4.69) is 6.58 Å². The van der Waals surface area contributed by atoms with Crippen molar-refractivity contribution in [3.05, 3.63) is 12.8 Å². The minimum atomic E-state index is -0.560. The molecule has 1 aliphatic rings. The highest BCUT2D eigenvalue weighted by atomic mass is 16.3. The summed E-state index contributed by atoms with van der Waals surface area (Å²) in [6.45, 7) is 5.75. The fraction of sp³-hybridized carbons (Fsp3) is 0.667. The van der Waals surface area contributed by atoms with E-state index in [9.17, 15) is 4.79 Å². The van der Waals surface area contributed by atoms with Gasteiger partial charge in [-0.1, -0.05) is 6.58 Å². The van der Waals surface area contributed by atoms with Crippen molar-refractivity contribution in [3.8, 4) is 0 Å². The van der Waals surface area contributed by atoms with Crippen molar-refractivity contribution in [2.45, 2.75) is 25.9 Å². The molecular weight excluding hydrogens is 170 g/mol. The number of likely N-dealkylation sites (tertiary alicyclic amines) is 1. The number of hydrogen-bond acceptors (Lipinski definition) is 3. The van der Waals surface area contributed by atoms with Crippen molar-refractivity contribution in [1.29, 1.82) is 0 Å². The highest BCUT2D eigenvalue weighted by Gasteiger charge is 2.15. The van der Waals surface area contributed by atoms with Gasteiger partial charge in [0, 0.05) is 13.0 Å². The van der Waals surface area contributed by atoms with Gasteiger partial charge in [0.15, 0.2) is 0 Å². The Morgan fingerprint density at radius 2 is 2.31 bits per heavy atom. The van der Waals surface area contributed by atoms with Gasteiger partial charge in [0.2, 0.25) is 5.91 Å². The van der Waals surface area contributed by atoms with Crippen LogP contribution in [0.4, 0.5) is 0 Å². The summed E-state index contributed by atoms with van der Waals surface area (Å²) in [4.78, 5) is 12.3. The third kappa shape index (κ3) is 5.38. The zero-order valence-corrected chi connectivity index (χ0v) is 7.94. The number of nitrogens with zero attached hydrogens (tertiary/aromatic N) is 1. The van der Waals surface area contributed by atoms with E-state index in [4.69, 9.17) is 10.2 Å². The maximum atomic E-state index is 10.7. The first-order chi connectivity index (χ1) is 6.11. The summed E-state index contributed by atoms with van der Waals surface area (Å²) >= 11 is 0. The first-order valence-corrected chi connectivity index (χ1v) is 4.32. The molecule has 0 spiro atoms. The van der Waals surface area contributed by atoms with Gasteiger partial charge in [0.25, 0.3) is 0 Å². The molecular formula is C9H17NO3. The van der Waals surface area contributed by atoms with Crippen LogP contribution in [0.1, 0.15) is 19.8 Å². The third-order valence-electron chi connectivity index (χ3n) is 1.59. The lowest BCUT2D eigenvalue weighted by Crippen LogP contribution is -2.16. The fourth-order valence-electron chi connectivity index (χ4n) is 0.862. The molecule has 2 N–H and O–H groups in total. The Balaban J connectivity index is 0.000000252. The summed E-state index contributed by atoms with van der Waals surface area (Å²) in [5.74, 6) is 0.208. The Hall–Kier alpha value is -0.870. The van der Waals surface area contributed by atoms with Gasteiger partial charge in [-0.05, 0) is 19.5 Å². The van der Waals surface area contributed by atoms with E-state index in [-0.39, 0.29) is 12.5 Å². The number of rotatable bonds is 2. The van der Waals surface area contributed by atoms with Crippen LogP contribution in [0.3, 0.4) is 0 Å². The lowest BCUT2D eigenvalue weighted by atomic mass is 10.4. The van der Waals surface area contributed by atoms with Crippen molar-refractivity contribution in [1.82, 2.24) is 4.90 Å². The number of aliphatic hydroxyl groups is 2. The average molecular weight is 187 g/mol. The van der Waals surface area contributed by atoms with Crippen molar-refractivity contribution >= 4 is 5.91 Å². The molecule has 0 radical (unpaired) electrons. The lowest BCUT2D eigenvalue weighted by Gasteiger charge is -2.05. The average Bonchev–Trinajstić information content (AvgIpc) is 2.52. The Morgan fingerprint density at radius 1 is 1.77 bits per heavy atom. The zero-order valence-electron chi connectivity index (χ0n) is 7.94. The third-order valence-corrected chi connectivity index (χ3v) is 1.59. The van der Waals surface area contributed by atoms with Gasteiger partial charge < -0.3 is 15.1 Å². The molecule has 4 heteroatoms. The fourth-order valence-corrected chi connectivity index (χ4v) is 0.862. The topological polar surface area (TPSA) is 60.8 Å². The van der Waals surface area contributed by atoms with Crippen molar-refractivity contribution in [2.75, 3.05) is 13.2 Å². The first kappa shape index (κ1) is 12.1. The van der Waals surface area contributed by atoms with Crippen LogP contribution in [0.2, 0.25) is 0 Å². The van der Waals surface area contributed by atoms with Crippen LogP contribution in [0.15, 0.2) is 12.8 Å². The van der Waals surface area contributed by atoms with Crippen LogP contribution in [0.5, 0.6) is 0 Å². The summed E-state index contributed by atoms with van der Waals surface area (Å²) in [5.41, 5.74) is 0. The molecule has 0 aliphatic carbocycles. The Morgan fingerprint density at radius 3 is 2.46 bits per heavy atom. The normalized spacial score (nSPS) is 17.8. The molecule has 76 valence electrons. The van der Waals surface area contributed by atoms with Gasteiger partial charge in [0.05, 0.1) is 12.7 Å². The largest absolute Gasteiger partial charge is 0.394 e. The number of carbonyl (C=O) groups is 1. The second kappa shape index (κ2) is 6.62. The smallest absolute Gasteiger partial charge is 0.226 e. The van der Waals surface area contributed by atoms with E-state index < -0.39 is 6.10 Å². The maximum Gasteiger partial charge on any atom is 0.226 e. The summed E-state index contributed by atoms with van der Waals surface area (Å²) in [7, 11) is 0. The molecule has 0 aromatic carbocycles. The molecule has 1 aliphatic heterocycles. The molecule has 0 saturated carbocycles.